The topological polar surface area (TPSA) is 93.7 Å². The third-order valence-corrected chi connectivity index (χ3v) is 4.58. The first-order chi connectivity index (χ1) is 10.0. The van der Waals surface area contributed by atoms with Crippen molar-refractivity contribution in [2.75, 3.05) is 33.4 Å². The van der Waals surface area contributed by atoms with Crippen LogP contribution in [0.25, 0.3) is 0 Å². The van der Waals surface area contributed by atoms with Crippen molar-refractivity contribution in [2.45, 2.75) is 10.9 Å². The monoisotopic (exact) mass is 314 g/mol. The van der Waals surface area contributed by atoms with Gasteiger partial charge in [-0.1, -0.05) is 12.1 Å². The van der Waals surface area contributed by atoms with Crippen molar-refractivity contribution in [3.8, 4) is 0 Å². The first kappa shape index (κ1) is 15.9. The summed E-state index contributed by atoms with van der Waals surface area (Å²) in [6.07, 6.45) is 0. The Kier molecular flexibility index (Phi) is 5.29. The summed E-state index contributed by atoms with van der Waals surface area (Å²) in [5.41, 5.74) is 0.0142. The number of benzene rings is 1. The fraction of sp³-hybridized carbons (Fsp3) is 0.462. The van der Waals surface area contributed by atoms with Gasteiger partial charge in [-0.25, -0.2) is 17.9 Å². The van der Waals surface area contributed by atoms with E-state index in [1.54, 1.807) is 12.1 Å². The van der Waals surface area contributed by atoms with E-state index in [0.29, 0.717) is 19.8 Å². The predicted molar refractivity (Wildman–Crippen MR) is 75.6 cm³/mol. The number of hydrogen-bond donors (Lipinski definition) is 2. The van der Waals surface area contributed by atoms with Gasteiger partial charge in [0.25, 0.3) is 0 Å². The molecule has 0 radical (unpaired) electrons. The summed E-state index contributed by atoms with van der Waals surface area (Å²) in [6, 6.07) is 5.85. The summed E-state index contributed by atoms with van der Waals surface area (Å²) in [4.78, 5) is 11.6. The molecule has 1 aromatic rings. The van der Waals surface area contributed by atoms with E-state index >= 15 is 0 Å². The number of rotatable bonds is 5. The lowest BCUT2D eigenvalue weighted by molar-refractivity contribution is 0.0596. The lowest BCUT2D eigenvalue weighted by Crippen LogP contribution is -2.48. The number of methoxy groups -OCH3 is 1. The number of carbonyl (C=O) groups is 1. The minimum Gasteiger partial charge on any atom is -0.465 e. The van der Waals surface area contributed by atoms with Crippen molar-refractivity contribution in [1.82, 2.24) is 10.0 Å². The van der Waals surface area contributed by atoms with Crippen LogP contribution in [0.4, 0.5) is 0 Å². The predicted octanol–water partition coefficient (Wildman–Crippen LogP) is -0.260. The maximum absolute atomic E-state index is 12.3. The van der Waals surface area contributed by atoms with E-state index in [-0.39, 0.29) is 23.0 Å². The zero-order valence-electron chi connectivity index (χ0n) is 11.7. The molecule has 1 heterocycles. The quantitative estimate of drug-likeness (QED) is 0.727. The fourth-order valence-corrected chi connectivity index (χ4v) is 3.29. The SMILES string of the molecule is COC(=O)c1ccccc1S(=O)(=O)NCC1COCCN1. The van der Waals surface area contributed by atoms with Crippen LogP contribution in [0.3, 0.4) is 0 Å². The molecule has 21 heavy (non-hydrogen) atoms. The normalized spacial score (nSPS) is 19.2. The fourth-order valence-electron chi connectivity index (χ4n) is 2.02. The molecule has 1 aromatic carbocycles. The van der Waals surface area contributed by atoms with E-state index in [9.17, 15) is 13.2 Å². The summed E-state index contributed by atoms with van der Waals surface area (Å²) >= 11 is 0. The summed E-state index contributed by atoms with van der Waals surface area (Å²) in [5, 5.41) is 3.15. The molecule has 2 rings (SSSR count). The van der Waals surface area contributed by atoms with E-state index < -0.39 is 16.0 Å². The third-order valence-electron chi connectivity index (χ3n) is 3.10. The Balaban J connectivity index is 2.13. The second-order valence-corrected chi connectivity index (χ2v) is 6.30. The van der Waals surface area contributed by atoms with Crippen molar-refractivity contribution in [3.63, 3.8) is 0 Å². The Labute approximate surface area is 123 Å². The number of carbonyl (C=O) groups excluding carboxylic acids is 1. The van der Waals surface area contributed by atoms with Crippen molar-refractivity contribution >= 4 is 16.0 Å². The second-order valence-electron chi connectivity index (χ2n) is 4.57. The molecule has 0 bridgehead atoms. The molecule has 1 unspecified atom stereocenters. The van der Waals surface area contributed by atoms with Gasteiger partial charge in [0.05, 0.1) is 30.8 Å². The average molecular weight is 314 g/mol. The molecule has 116 valence electrons. The molecule has 0 spiro atoms. The van der Waals surface area contributed by atoms with Crippen molar-refractivity contribution in [3.05, 3.63) is 29.8 Å². The first-order valence-corrected chi connectivity index (χ1v) is 8.01. The zero-order valence-corrected chi connectivity index (χ0v) is 12.5. The van der Waals surface area contributed by atoms with Crippen molar-refractivity contribution in [2.24, 2.45) is 0 Å². The Hall–Kier alpha value is -1.48. The Morgan fingerprint density at radius 2 is 2.24 bits per heavy atom. The maximum atomic E-state index is 12.3. The van der Waals surface area contributed by atoms with Gasteiger partial charge in [0.2, 0.25) is 10.0 Å². The van der Waals surface area contributed by atoms with Gasteiger partial charge in [0, 0.05) is 19.1 Å². The zero-order chi connectivity index (χ0) is 15.3. The van der Waals surface area contributed by atoms with Crippen LogP contribution in [0.2, 0.25) is 0 Å². The number of morpholine rings is 1. The van der Waals surface area contributed by atoms with Gasteiger partial charge >= 0.3 is 5.97 Å². The largest absolute Gasteiger partial charge is 0.465 e. The molecule has 0 saturated carbocycles. The second kappa shape index (κ2) is 6.99. The van der Waals surface area contributed by atoms with Crippen LogP contribution < -0.4 is 10.0 Å². The van der Waals surface area contributed by atoms with Crippen molar-refractivity contribution in [1.29, 1.82) is 0 Å². The van der Waals surface area contributed by atoms with Crippen LogP contribution in [-0.2, 0) is 19.5 Å². The number of ether oxygens (including phenoxy) is 2. The maximum Gasteiger partial charge on any atom is 0.339 e. The standard InChI is InChI=1S/C13H18N2O5S/c1-19-13(16)11-4-2-3-5-12(11)21(17,18)15-8-10-9-20-7-6-14-10/h2-5,10,14-15H,6-9H2,1H3. The molecule has 0 aromatic heterocycles. The Bertz CT molecular complexity index is 596. The Morgan fingerprint density at radius 3 is 2.90 bits per heavy atom. The summed E-state index contributed by atoms with van der Waals surface area (Å²) < 4.78 is 37.0. The molecule has 7 nitrogen and oxygen atoms in total. The van der Waals surface area contributed by atoms with Crippen LogP contribution in [0.1, 0.15) is 10.4 Å². The highest BCUT2D eigenvalue weighted by molar-refractivity contribution is 7.89. The van der Waals surface area contributed by atoms with E-state index in [2.05, 4.69) is 14.8 Å². The highest BCUT2D eigenvalue weighted by atomic mass is 32.2. The van der Waals surface area contributed by atoms with Crippen LogP contribution in [0, 0.1) is 0 Å². The Morgan fingerprint density at radius 1 is 1.48 bits per heavy atom. The molecule has 0 amide bonds. The molecule has 1 fully saturated rings. The van der Waals surface area contributed by atoms with Crippen LogP contribution in [0.5, 0.6) is 0 Å². The van der Waals surface area contributed by atoms with E-state index in [1.165, 1.54) is 19.2 Å². The lowest BCUT2D eigenvalue weighted by atomic mass is 10.2. The van der Waals surface area contributed by atoms with Gasteiger partial charge in [-0.3, -0.25) is 0 Å². The van der Waals surface area contributed by atoms with Crippen LogP contribution >= 0.6 is 0 Å². The van der Waals surface area contributed by atoms with Crippen LogP contribution in [-0.4, -0.2) is 53.8 Å². The number of hydrogen-bond acceptors (Lipinski definition) is 6. The number of nitrogens with one attached hydrogen (secondary N) is 2. The number of sulfonamides is 1. The minimum absolute atomic E-state index is 0.0142. The molecule has 1 aliphatic rings. The van der Waals surface area contributed by atoms with Gasteiger partial charge < -0.3 is 14.8 Å². The average Bonchev–Trinajstić information content (AvgIpc) is 2.53. The molecule has 2 N–H and O–H groups in total. The van der Waals surface area contributed by atoms with Crippen molar-refractivity contribution < 1.29 is 22.7 Å². The molecule has 0 aliphatic carbocycles. The van der Waals surface area contributed by atoms with E-state index in [0.717, 1.165) is 0 Å². The molecular formula is C13H18N2O5S. The smallest absolute Gasteiger partial charge is 0.339 e. The molecule has 8 heteroatoms. The highest BCUT2D eigenvalue weighted by Gasteiger charge is 2.24. The van der Waals surface area contributed by atoms with Gasteiger partial charge in [0.15, 0.2) is 0 Å². The molecule has 1 saturated heterocycles. The minimum atomic E-state index is -3.79. The summed E-state index contributed by atoms with van der Waals surface area (Å²) in [5.74, 6) is -0.685. The summed E-state index contributed by atoms with van der Waals surface area (Å²) in [6.45, 7) is 1.94. The van der Waals surface area contributed by atoms with E-state index in [4.69, 9.17) is 4.74 Å². The first-order valence-electron chi connectivity index (χ1n) is 6.53. The van der Waals surface area contributed by atoms with E-state index in [1.807, 2.05) is 0 Å². The van der Waals surface area contributed by atoms with Gasteiger partial charge in [0.1, 0.15) is 0 Å². The third kappa shape index (κ3) is 4.01. The number of esters is 1. The molecule has 1 atom stereocenters. The molecule has 1 aliphatic heterocycles. The highest BCUT2D eigenvalue weighted by Crippen LogP contribution is 2.16. The van der Waals surface area contributed by atoms with Gasteiger partial charge in [-0.05, 0) is 12.1 Å². The molecular weight excluding hydrogens is 296 g/mol. The lowest BCUT2D eigenvalue weighted by Gasteiger charge is -2.24. The van der Waals surface area contributed by atoms with Gasteiger partial charge in [-0.15, -0.1) is 0 Å². The van der Waals surface area contributed by atoms with Gasteiger partial charge in [-0.2, -0.15) is 0 Å². The van der Waals surface area contributed by atoms with Crippen LogP contribution in [0.15, 0.2) is 29.2 Å². The summed E-state index contributed by atoms with van der Waals surface area (Å²) in [7, 11) is -2.58.